The molecule has 0 aliphatic rings. The number of amides is 1. The van der Waals surface area contributed by atoms with Crippen molar-refractivity contribution in [1.29, 1.82) is 5.26 Å². The molecular formula is C10H11N3O3S. The van der Waals surface area contributed by atoms with Gasteiger partial charge in [0.1, 0.15) is 6.07 Å². The van der Waals surface area contributed by atoms with E-state index in [2.05, 4.69) is 4.98 Å². The van der Waals surface area contributed by atoms with E-state index in [1.54, 1.807) is 6.92 Å². The molecule has 1 rings (SSSR count). The molecule has 6 nitrogen and oxygen atoms in total. The Morgan fingerprint density at radius 2 is 2.12 bits per heavy atom. The molecule has 0 bridgehead atoms. The number of pyridine rings is 1. The third-order valence-corrected chi connectivity index (χ3v) is 3.09. The van der Waals surface area contributed by atoms with Crippen molar-refractivity contribution in [3.05, 3.63) is 23.5 Å². The standard InChI is InChI=1S/C10H11N3O3S/c1-7-4-10(9(5-11)6-12-7)13(8(2)14)17(3,15)16/h4,6H,1-3H3. The van der Waals surface area contributed by atoms with Crippen LogP contribution in [0.5, 0.6) is 0 Å². The highest BCUT2D eigenvalue weighted by Crippen LogP contribution is 2.22. The zero-order valence-corrected chi connectivity index (χ0v) is 10.4. The number of aryl methyl sites for hydroxylation is 1. The molecule has 0 fully saturated rings. The molecule has 1 heterocycles. The van der Waals surface area contributed by atoms with Gasteiger partial charge in [0.2, 0.25) is 15.9 Å². The molecule has 0 radical (unpaired) electrons. The maximum Gasteiger partial charge on any atom is 0.238 e. The maximum atomic E-state index is 11.5. The van der Waals surface area contributed by atoms with Crippen LogP contribution in [0, 0.1) is 18.3 Å². The number of carbonyl (C=O) groups is 1. The first-order chi connectivity index (χ1) is 7.77. The highest BCUT2D eigenvalue weighted by molar-refractivity contribution is 7.92. The fourth-order valence-corrected chi connectivity index (χ4v) is 2.36. The lowest BCUT2D eigenvalue weighted by Gasteiger charge is -2.19. The summed E-state index contributed by atoms with van der Waals surface area (Å²) in [6, 6.07) is 3.20. The van der Waals surface area contributed by atoms with Gasteiger partial charge in [-0.1, -0.05) is 0 Å². The zero-order chi connectivity index (χ0) is 13.2. The first-order valence-electron chi connectivity index (χ1n) is 4.65. The number of nitrogens with zero attached hydrogens (tertiary/aromatic N) is 3. The third-order valence-electron chi connectivity index (χ3n) is 1.98. The Labute approximate surface area is 99.6 Å². The predicted molar refractivity (Wildman–Crippen MR) is 61.7 cm³/mol. The summed E-state index contributed by atoms with van der Waals surface area (Å²) in [5.74, 6) is -0.672. The second-order valence-corrected chi connectivity index (χ2v) is 5.33. The van der Waals surface area contributed by atoms with Crippen molar-refractivity contribution >= 4 is 21.6 Å². The minimum absolute atomic E-state index is 0.0370. The average Bonchev–Trinajstić information content (AvgIpc) is 2.15. The minimum Gasteiger partial charge on any atom is -0.274 e. The first-order valence-corrected chi connectivity index (χ1v) is 6.50. The molecule has 0 aliphatic carbocycles. The summed E-state index contributed by atoms with van der Waals surface area (Å²) in [5.41, 5.74) is 0.597. The summed E-state index contributed by atoms with van der Waals surface area (Å²) >= 11 is 0. The molecule has 1 aromatic heterocycles. The number of hydrogen-bond acceptors (Lipinski definition) is 5. The van der Waals surface area contributed by atoms with Gasteiger partial charge in [-0.25, -0.2) is 12.7 Å². The topological polar surface area (TPSA) is 91.1 Å². The van der Waals surface area contributed by atoms with E-state index in [4.69, 9.17) is 5.26 Å². The molecule has 0 saturated heterocycles. The summed E-state index contributed by atoms with van der Waals surface area (Å²) < 4.78 is 23.7. The molecule has 0 aromatic carbocycles. The van der Waals surface area contributed by atoms with Crippen molar-refractivity contribution in [1.82, 2.24) is 4.98 Å². The number of aromatic nitrogens is 1. The summed E-state index contributed by atoms with van der Waals surface area (Å²) in [6.07, 6.45) is 2.15. The Morgan fingerprint density at radius 3 is 2.53 bits per heavy atom. The fourth-order valence-electron chi connectivity index (χ4n) is 1.38. The van der Waals surface area contributed by atoms with Gasteiger partial charge in [0.05, 0.1) is 17.5 Å². The van der Waals surface area contributed by atoms with E-state index in [0.717, 1.165) is 13.2 Å². The largest absolute Gasteiger partial charge is 0.274 e. The van der Waals surface area contributed by atoms with Gasteiger partial charge in [-0.3, -0.25) is 9.78 Å². The second kappa shape index (κ2) is 4.51. The smallest absolute Gasteiger partial charge is 0.238 e. The normalized spacial score (nSPS) is 10.7. The molecule has 0 atom stereocenters. The van der Waals surface area contributed by atoms with Crippen molar-refractivity contribution in [2.75, 3.05) is 10.6 Å². The molecule has 17 heavy (non-hydrogen) atoms. The molecule has 0 spiro atoms. The van der Waals surface area contributed by atoms with Gasteiger partial charge in [-0.2, -0.15) is 5.26 Å². The maximum absolute atomic E-state index is 11.5. The number of sulfonamides is 1. The van der Waals surface area contributed by atoms with Gasteiger partial charge in [-0.15, -0.1) is 0 Å². The van der Waals surface area contributed by atoms with Gasteiger partial charge in [0, 0.05) is 18.8 Å². The lowest BCUT2D eigenvalue weighted by molar-refractivity contribution is -0.115. The molecule has 1 amide bonds. The van der Waals surface area contributed by atoms with Crippen LogP contribution in [0.3, 0.4) is 0 Å². The predicted octanol–water partition coefficient (Wildman–Crippen LogP) is 0.574. The number of nitriles is 1. The van der Waals surface area contributed by atoms with E-state index in [1.807, 2.05) is 6.07 Å². The zero-order valence-electron chi connectivity index (χ0n) is 9.63. The Kier molecular flexibility index (Phi) is 3.48. The van der Waals surface area contributed by atoms with E-state index >= 15 is 0 Å². The van der Waals surface area contributed by atoms with Crippen molar-refractivity contribution in [2.24, 2.45) is 0 Å². The van der Waals surface area contributed by atoms with E-state index in [-0.39, 0.29) is 11.3 Å². The highest BCUT2D eigenvalue weighted by atomic mass is 32.2. The molecule has 1 aromatic rings. The van der Waals surface area contributed by atoms with E-state index in [1.165, 1.54) is 12.3 Å². The Hall–Kier alpha value is -1.94. The van der Waals surface area contributed by atoms with E-state index in [9.17, 15) is 13.2 Å². The third kappa shape index (κ3) is 2.79. The van der Waals surface area contributed by atoms with Crippen molar-refractivity contribution in [3.8, 4) is 6.07 Å². The van der Waals surface area contributed by atoms with E-state index < -0.39 is 15.9 Å². The second-order valence-electron chi connectivity index (χ2n) is 3.50. The summed E-state index contributed by atoms with van der Waals surface area (Å²) in [7, 11) is -3.76. The van der Waals surface area contributed by atoms with Gasteiger partial charge in [0.25, 0.3) is 0 Å². The van der Waals surface area contributed by atoms with Crippen LogP contribution in [-0.4, -0.2) is 25.6 Å². The quantitative estimate of drug-likeness (QED) is 0.768. The van der Waals surface area contributed by atoms with Crippen LogP contribution >= 0.6 is 0 Å². The van der Waals surface area contributed by atoms with Gasteiger partial charge < -0.3 is 0 Å². The number of rotatable bonds is 2. The highest BCUT2D eigenvalue weighted by Gasteiger charge is 2.24. The van der Waals surface area contributed by atoms with Crippen LogP contribution in [0.15, 0.2) is 12.3 Å². The van der Waals surface area contributed by atoms with E-state index in [0.29, 0.717) is 10.00 Å². The van der Waals surface area contributed by atoms with Crippen LogP contribution in [0.2, 0.25) is 0 Å². The fraction of sp³-hybridized carbons (Fsp3) is 0.300. The first kappa shape index (κ1) is 13.1. The molecule has 0 saturated carbocycles. The number of hydrogen-bond donors (Lipinski definition) is 0. The van der Waals surface area contributed by atoms with Gasteiger partial charge in [-0.05, 0) is 13.0 Å². The molecule has 90 valence electrons. The molecule has 0 aliphatic heterocycles. The van der Waals surface area contributed by atoms with Crippen LogP contribution < -0.4 is 4.31 Å². The number of anilines is 1. The minimum atomic E-state index is -3.76. The summed E-state index contributed by atoms with van der Waals surface area (Å²) in [5, 5.41) is 8.88. The lowest BCUT2D eigenvalue weighted by atomic mass is 10.2. The Balaban J connectivity index is 3.55. The van der Waals surface area contributed by atoms with Crippen molar-refractivity contribution < 1.29 is 13.2 Å². The molecular weight excluding hydrogens is 242 g/mol. The molecule has 0 N–H and O–H groups in total. The van der Waals surface area contributed by atoms with Crippen molar-refractivity contribution in [2.45, 2.75) is 13.8 Å². The molecule has 7 heteroatoms. The lowest BCUT2D eigenvalue weighted by Crippen LogP contribution is -2.34. The summed E-state index contributed by atoms with van der Waals surface area (Å²) in [6.45, 7) is 2.77. The van der Waals surface area contributed by atoms with Crippen LogP contribution in [0.25, 0.3) is 0 Å². The number of carbonyl (C=O) groups excluding carboxylic acids is 1. The van der Waals surface area contributed by atoms with Crippen molar-refractivity contribution in [3.63, 3.8) is 0 Å². The SMILES string of the molecule is CC(=O)N(c1cc(C)ncc1C#N)S(C)(=O)=O. The van der Waals surface area contributed by atoms with Gasteiger partial charge >= 0.3 is 0 Å². The van der Waals surface area contributed by atoms with Gasteiger partial charge in [0.15, 0.2) is 0 Å². The molecule has 0 unspecified atom stereocenters. The summed E-state index contributed by atoms with van der Waals surface area (Å²) in [4.78, 5) is 15.3. The van der Waals surface area contributed by atoms with Crippen LogP contribution in [0.4, 0.5) is 5.69 Å². The van der Waals surface area contributed by atoms with Crippen LogP contribution in [-0.2, 0) is 14.8 Å². The Morgan fingerprint density at radius 1 is 1.53 bits per heavy atom. The Bertz CT molecular complexity index is 602. The van der Waals surface area contributed by atoms with Crippen LogP contribution in [0.1, 0.15) is 18.2 Å². The monoisotopic (exact) mass is 253 g/mol. The average molecular weight is 253 g/mol.